The third-order valence-corrected chi connectivity index (χ3v) is 5.99. The Labute approximate surface area is 175 Å². The summed E-state index contributed by atoms with van der Waals surface area (Å²) in [5.41, 5.74) is 1.45. The topological polar surface area (TPSA) is 93.5 Å². The smallest absolute Gasteiger partial charge is 0.349 e. The van der Waals surface area contributed by atoms with Gasteiger partial charge in [-0.3, -0.25) is 9.69 Å². The summed E-state index contributed by atoms with van der Waals surface area (Å²) >= 11 is 7.50. The molecule has 1 aromatic carbocycles. The van der Waals surface area contributed by atoms with Gasteiger partial charge in [0.25, 0.3) is 5.91 Å². The summed E-state index contributed by atoms with van der Waals surface area (Å²) in [5, 5.41) is 8.41. The second kappa shape index (κ2) is 7.49. The van der Waals surface area contributed by atoms with Gasteiger partial charge in [0.2, 0.25) is 0 Å². The number of esters is 1. The molecule has 0 saturated carbocycles. The highest BCUT2D eigenvalue weighted by molar-refractivity contribution is 7.20. The van der Waals surface area contributed by atoms with E-state index in [-0.39, 0.29) is 6.54 Å². The normalized spacial score (nSPS) is 14.9. The Bertz CT molecular complexity index is 1140. The second-order valence-corrected chi connectivity index (χ2v) is 7.99. The molecule has 2 aromatic heterocycles. The molecule has 29 heavy (non-hydrogen) atoms. The van der Waals surface area contributed by atoms with Crippen LogP contribution >= 0.6 is 22.9 Å². The minimum atomic E-state index is -1.07. The van der Waals surface area contributed by atoms with Gasteiger partial charge in [-0.1, -0.05) is 23.7 Å². The van der Waals surface area contributed by atoms with Crippen LogP contribution in [-0.4, -0.2) is 51.8 Å². The van der Waals surface area contributed by atoms with Crippen molar-refractivity contribution in [3.63, 3.8) is 0 Å². The van der Waals surface area contributed by atoms with Gasteiger partial charge in [0.05, 0.1) is 16.4 Å². The molecule has 1 saturated heterocycles. The Hall–Kier alpha value is -2.91. The van der Waals surface area contributed by atoms with Crippen molar-refractivity contribution >= 4 is 51.1 Å². The maximum atomic E-state index is 12.6. The molecule has 150 valence electrons. The van der Waals surface area contributed by atoms with Gasteiger partial charge >= 0.3 is 12.0 Å². The van der Waals surface area contributed by atoms with Crippen LogP contribution in [0.15, 0.2) is 30.3 Å². The number of para-hydroxylation sites is 1. The third-order valence-electron chi connectivity index (χ3n) is 4.58. The first kappa shape index (κ1) is 19.4. The van der Waals surface area contributed by atoms with Crippen molar-refractivity contribution in [3.8, 4) is 5.69 Å². The van der Waals surface area contributed by atoms with E-state index in [1.165, 1.54) is 18.3 Å². The Balaban J connectivity index is 1.59. The molecule has 0 spiro atoms. The minimum Gasteiger partial charge on any atom is -0.448 e. The molecule has 8 nitrogen and oxygen atoms in total. The third kappa shape index (κ3) is 3.47. The number of amides is 3. The molecule has 3 amide bonds. The maximum absolute atomic E-state index is 12.6. The summed E-state index contributed by atoms with van der Waals surface area (Å²) < 4.78 is 7.00. The number of thiophene rings is 1. The van der Waals surface area contributed by atoms with Crippen molar-refractivity contribution < 1.29 is 19.1 Å². The number of nitrogens with one attached hydrogen (secondary N) is 1. The molecule has 1 atom stereocenters. The Morgan fingerprint density at radius 2 is 2.10 bits per heavy atom. The molecule has 1 fully saturated rings. The Kier molecular flexibility index (Phi) is 5.01. The second-order valence-electron chi connectivity index (χ2n) is 6.55. The van der Waals surface area contributed by atoms with Crippen molar-refractivity contribution in [1.29, 1.82) is 0 Å². The minimum absolute atomic E-state index is 0.259. The van der Waals surface area contributed by atoms with Crippen LogP contribution in [-0.2, 0) is 9.53 Å². The Morgan fingerprint density at radius 3 is 2.79 bits per heavy atom. The predicted octanol–water partition coefficient (Wildman–Crippen LogP) is 3.15. The maximum Gasteiger partial charge on any atom is 0.349 e. The standard InChI is InChI=1S/C19H17ClN4O4S/c1-10-12-9-15(18(26)28-11(2)16(25)23-8-7-21-19(23)27)29-17(12)24(22-10)14-6-4-3-5-13(14)20/h3-6,9,11H,7-8H2,1-2H3,(H,21,27). The monoisotopic (exact) mass is 432 g/mol. The number of fused-ring (bicyclic) bond motifs is 1. The van der Waals surface area contributed by atoms with Crippen LogP contribution in [0.3, 0.4) is 0 Å². The largest absolute Gasteiger partial charge is 0.448 e. The number of hydrogen-bond donors (Lipinski definition) is 1. The van der Waals surface area contributed by atoms with Gasteiger partial charge in [0.15, 0.2) is 6.10 Å². The fraction of sp³-hybridized carbons (Fsp3) is 0.263. The number of halogens is 1. The Morgan fingerprint density at radius 1 is 1.34 bits per heavy atom. The van der Waals surface area contributed by atoms with Crippen molar-refractivity contribution in [2.75, 3.05) is 13.1 Å². The number of carbonyl (C=O) groups is 3. The molecule has 1 unspecified atom stereocenters. The van der Waals surface area contributed by atoms with Crippen molar-refractivity contribution in [1.82, 2.24) is 20.0 Å². The molecular weight excluding hydrogens is 416 g/mol. The van der Waals surface area contributed by atoms with Gasteiger partial charge in [-0.2, -0.15) is 5.10 Å². The van der Waals surface area contributed by atoms with Crippen molar-refractivity contribution in [2.24, 2.45) is 0 Å². The first-order valence-corrected chi connectivity index (χ1v) is 10.1. The number of rotatable bonds is 4. The molecule has 1 aliphatic rings. The number of carbonyl (C=O) groups excluding carboxylic acids is 3. The zero-order valence-electron chi connectivity index (χ0n) is 15.6. The molecule has 0 aliphatic carbocycles. The molecular formula is C19H17ClN4O4S. The number of urea groups is 1. The lowest BCUT2D eigenvalue weighted by Gasteiger charge is -2.17. The van der Waals surface area contributed by atoms with Crippen LogP contribution in [0.25, 0.3) is 15.9 Å². The van der Waals surface area contributed by atoms with Crippen LogP contribution in [0.5, 0.6) is 0 Å². The van der Waals surface area contributed by atoms with Crippen LogP contribution in [0.2, 0.25) is 5.02 Å². The van der Waals surface area contributed by atoms with E-state index in [4.69, 9.17) is 16.3 Å². The lowest BCUT2D eigenvalue weighted by Crippen LogP contribution is -2.41. The average molecular weight is 433 g/mol. The number of nitrogens with zero attached hydrogens (tertiary/aromatic N) is 3. The molecule has 3 aromatic rings. The lowest BCUT2D eigenvalue weighted by atomic mass is 10.3. The molecule has 1 N–H and O–H groups in total. The lowest BCUT2D eigenvalue weighted by molar-refractivity contribution is -0.135. The van der Waals surface area contributed by atoms with Gasteiger partial charge in [-0.25, -0.2) is 14.3 Å². The van der Waals surface area contributed by atoms with Gasteiger partial charge < -0.3 is 10.1 Å². The highest BCUT2D eigenvalue weighted by Gasteiger charge is 2.32. The number of benzene rings is 1. The molecule has 0 bridgehead atoms. The molecule has 3 heterocycles. The van der Waals surface area contributed by atoms with Crippen LogP contribution in [0, 0.1) is 6.92 Å². The van der Waals surface area contributed by atoms with E-state index in [9.17, 15) is 14.4 Å². The predicted molar refractivity (Wildman–Crippen MR) is 109 cm³/mol. The van der Waals surface area contributed by atoms with E-state index in [1.54, 1.807) is 16.8 Å². The molecule has 0 radical (unpaired) electrons. The fourth-order valence-electron chi connectivity index (χ4n) is 3.10. The van der Waals surface area contributed by atoms with E-state index in [0.29, 0.717) is 22.1 Å². The number of aryl methyl sites for hydroxylation is 1. The van der Waals surface area contributed by atoms with Crippen molar-refractivity contribution in [2.45, 2.75) is 20.0 Å². The summed E-state index contributed by atoms with van der Waals surface area (Å²) in [6.45, 7) is 3.94. The molecule has 4 rings (SSSR count). The molecule has 1 aliphatic heterocycles. The first-order valence-electron chi connectivity index (χ1n) is 8.91. The average Bonchev–Trinajstić information content (AvgIpc) is 3.38. The highest BCUT2D eigenvalue weighted by atomic mass is 35.5. The quantitative estimate of drug-likeness (QED) is 0.639. The first-order chi connectivity index (χ1) is 13.9. The SMILES string of the molecule is Cc1nn(-c2ccccc2Cl)c2sc(C(=O)OC(C)C(=O)N3CCNC3=O)cc12. The molecule has 10 heteroatoms. The van der Waals surface area contributed by atoms with Crippen LogP contribution in [0.1, 0.15) is 22.3 Å². The summed E-state index contributed by atoms with van der Waals surface area (Å²) in [6, 6.07) is 8.51. The highest BCUT2D eigenvalue weighted by Crippen LogP contribution is 2.32. The summed E-state index contributed by atoms with van der Waals surface area (Å²) in [7, 11) is 0. The number of ether oxygens (including phenoxy) is 1. The summed E-state index contributed by atoms with van der Waals surface area (Å²) in [6.07, 6.45) is -1.07. The van der Waals surface area contributed by atoms with Crippen molar-refractivity contribution in [3.05, 3.63) is 45.9 Å². The van der Waals surface area contributed by atoms with E-state index in [1.807, 2.05) is 25.1 Å². The van der Waals surface area contributed by atoms with E-state index in [2.05, 4.69) is 10.4 Å². The van der Waals surface area contributed by atoms with E-state index >= 15 is 0 Å². The number of aromatic nitrogens is 2. The zero-order valence-corrected chi connectivity index (χ0v) is 17.2. The fourth-order valence-corrected chi connectivity index (χ4v) is 4.38. The van der Waals surface area contributed by atoms with Gasteiger partial charge in [0, 0.05) is 18.5 Å². The van der Waals surface area contributed by atoms with E-state index < -0.39 is 24.0 Å². The van der Waals surface area contributed by atoms with E-state index in [0.717, 1.165) is 20.8 Å². The van der Waals surface area contributed by atoms with Gasteiger partial charge in [-0.05, 0) is 32.0 Å². The summed E-state index contributed by atoms with van der Waals surface area (Å²) in [5.74, 6) is -1.18. The van der Waals surface area contributed by atoms with Gasteiger partial charge in [0.1, 0.15) is 9.71 Å². The van der Waals surface area contributed by atoms with Crippen LogP contribution < -0.4 is 5.32 Å². The number of hydrogen-bond acceptors (Lipinski definition) is 6. The van der Waals surface area contributed by atoms with Crippen LogP contribution in [0.4, 0.5) is 4.79 Å². The summed E-state index contributed by atoms with van der Waals surface area (Å²) in [4.78, 5) is 38.7. The van der Waals surface area contributed by atoms with Gasteiger partial charge in [-0.15, -0.1) is 11.3 Å². The zero-order chi connectivity index (χ0) is 20.7. The number of imide groups is 1.